The van der Waals surface area contributed by atoms with Crippen molar-refractivity contribution in [1.82, 2.24) is 4.98 Å². The second-order valence-electron chi connectivity index (χ2n) is 4.19. The van der Waals surface area contributed by atoms with E-state index in [2.05, 4.69) is 9.88 Å². The van der Waals surface area contributed by atoms with Crippen LogP contribution in [0.2, 0.25) is 0 Å². The molecule has 0 spiro atoms. The second kappa shape index (κ2) is 5.51. The Morgan fingerprint density at radius 1 is 1.62 bits per heavy atom. The molecule has 0 radical (unpaired) electrons. The van der Waals surface area contributed by atoms with Crippen molar-refractivity contribution in [3.05, 3.63) is 24.0 Å². The van der Waals surface area contributed by atoms with Gasteiger partial charge in [0, 0.05) is 38.2 Å². The smallest absolute Gasteiger partial charge is 0.0597 e. The number of hydrogen-bond donors (Lipinski definition) is 0. The number of hydrogen-bond acceptors (Lipinski definition) is 3. The summed E-state index contributed by atoms with van der Waals surface area (Å²) in [7, 11) is 1.76. The molecule has 0 aliphatic carbocycles. The molecule has 0 amide bonds. The third-order valence-corrected chi connectivity index (χ3v) is 3.35. The molecule has 16 heavy (non-hydrogen) atoms. The number of ether oxygens (including phenoxy) is 1. The van der Waals surface area contributed by atoms with Crippen molar-refractivity contribution in [2.24, 2.45) is 5.92 Å². The molecule has 2 rings (SSSR count). The summed E-state index contributed by atoms with van der Waals surface area (Å²) >= 11 is 5.93. The molecule has 0 aromatic carbocycles. The number of rotatable bonds is 4. The van der Waals surface area contributed by atoms with Gasteiger partial charge in [-0.2, -0.15) is 0 Å². The number of alkyl halides is 1. The van der Waals surface area contributed by atoms with Gasteiger partial charge < -0.3 is 9.64 Å². The van der Waals surface area contributed by atoms with Crippen molar-refractivity contribution in [1.29, 1.82) is 0 Å². The standard InChI is InChI=1S/C12H17ClN2O/c1-16-9-10-3-5-15(8-10)12-7-14-4-2-11(12)6-13/h2,4,7,10H,3,5-6,8-9H2,1H3. The second-order valence-corrected chi connectivity index (χ2v) is 4.46. The molecule has 3 nitrogen and oxygen atoms in total. The van der Waals surface area contributed by atoms with Gasteiger partial charge in [-0.15, -0.1) is 11.6 Å². The molecule has 1 saturated heterocycles. The molecule has 1 aliphatic heterocycles. The number of methoxy groups -OCH3 is 1. The van der Waals surface area contributed by atoms with Crippen LogP contribution in [0.4, 0.5) is 5.69 Å². The summed E-state index contributed by atoms with van der Waals surface area (Å²) < 4.78 is 5.20. The van der Waals surface area contributed by atoms with Gasteiger partial charge in [0.1, 0.15) is 0 Å². The monoisotopic (exact) mass is 240 g/mol. The first-order valence-electron chi connectivity index (χ1n) is 5.58. The lowest BCUT2D eigenvalue weighted by Gasteiger charge is -2.20. The lowest BCUT2D eigenvalue weighted by molar-refractivity contribution is 0.161. The van der Waals surface area contributed by atoms with Crippen LogP contribution in [0, 0.1) is 5.92 Å². The number of aromatic nitrogens is 1. The average molecular weight is 241 g/mol. The first-order valence-corrected chi connectivity index (χ1v) is 6.11. The highest BCUT2D eigenvalue weighted by Crippen LogP contribution is 2.27. The Hall–Kier alpha value is -0.800. The van der Waals surface area contributed by atoms with Gasteiger partial charge in [-0.3, -0.25) is 4.98 Å². The third kappa shape index (κ3) is 2.47. The number of anilines is 1. The summed E-state index contributed by atoms with van der Waals surface area (Å²) in [6.45, 7) is 2.96. The quantitative estimate of drug-likeness (QED) is 0.756. The fraction of sp³-hybridized carbons (Fsp3) is 0.583. The molecular weight excluding hydrogens is 224 g/mol. The van der Waals surface area contributed by atoms with E-state index in [0.717, 1.165) is 25.3 Å². The van der Waals surface area contributed by atoms with E-state index in [1.165, 1.54) is 12.1 Å². The van der Waals surface area contributed by atoms with E-state index >= 15 is 0 Å². The van der Waals surface area contributed by atoms with Gasteiger partial charge in [0.2, 0.25) is 0 Å². The maximum absolute atomic E-state index is 5.93. The number of pyridine rings is 1. The molecule has 0 bridgehead atoms. The molecule has 0 saturated carbocycles. The lowest BCUT2D eigenvalue weighted by Crippen LogP contribution is -2.22. The van der Waals surface area contributed by atoms with Crippen LogP contribution in [0.25, 0.3) is 0 Å². The maximum Gasteiger partial charge on any atom is 0.0597 e. The van der Waals surface area contributed by atoms with Gasteiger partial charge in [-0.1, -0.05) is 0 Å². The summed E-state index contributed by atoms with van der Waals surface area (Å²) in [6.07, 6.45) is 4.89. The predicted molar refractivity (Wildman–Crippen MR) is 66.0 cm³/mol. The topological polar surface area (TPSA) is 25.4 Å². The lowest BCUT2D eigenvalue weighted by atomic mass is 10.1. The molecule has 0 N–H and O–H groups in total. The Morgan fingerprint density at radius 3 is 3.25 bits per heavy atom. The van der Waals surface area contributed by atoms with Crippen molar-refractivity contribution in [3.63, 3.8) is 0 Å². The van der Waals surface area contributed by atoms with Crippen molar-refractivity contribution in [2.45, 2.75) is 12.3 Å². The third-order valence-electron chi connectivity index (χ3n) is 3.06. The Balaban J connectivity index is 2.08. The summed E-state index contributed by atoms with van der Waals surface area (Å²) in [6, 6.07) is 1.99. The van der Waals surface area contributed by atoms with E-state index in [0.29, 0.717) is 11.8 Å². The van der Waals surface area contributed by atoms with E-state index in [1.54, 1.807) is 13.3 Å². The minimum absolute atomic E-state index is 0.545. The molecule has 2 heterocycles. The Bertz CT molecular complexity index is 346. The van der Waals surface area contributed by atoms with E-state index in [-0.39, 0.29) is 0 Å². The number of nitrogens with zero attached hydrogens (tertiary/aromatic N) is 2. The van der Waals surface area contributed by atoms with Crippen LogP contribution in [-0.4, -0.2) is 31.8 Å². The summed E-state index contributed by atoms with van der Waals surface area (Å²) in [4.78, 5) is 6.53. The average Bonchev–Trinajstić information content (AvgIpc) is 2.78. The van der Waals surface area contributed by atoms with Crippen LogP contribution in [0.3, 0.4) is 0 Å². The minimum Gasteiger partial charge on any atom is -0.384 e. The van der Waals surface area contributed by atoms with Crippen molar-refractivity contribution < 1.29 is 4.74 Å². The minimum atomic E-state index is 0.545. The molecule has 1 fully saturated rings. The van der Waals surface area contributed by atoms with Crippen LogP contribution in [-0.2, 0) is 10.6 Å². The maximum atomic E-state index is 5.93. The van der Waals surface area contributed by atoms with Gasteiger partial charge in [-0.05, 0) is 18.1 Å². The summed E-state index contributed by atoms with van der Waals surface area (Å²) in [5, 5.41) is 0. The highest BCUT2D eigenvalue weighted by Gasteiger charge is 2.23. The Morgan fingerprint density at radius 2 is 2.50 bits per heavy atom. The largest absolute Gasteiger partial charge is 0.384 e. The van der Waals surface area contributed by atoms with Crippen LogP contribution in [0.1, 0.15) is 12.0 Å². The van der Waals surface area contributed by atoms with Crippen molar-refractivity contribution in [3.8, 4) is 0 Å². The van der Waals surface area contributed by atoms with Gasteiger partial charge in [0.15, 0.2) is 0 Å². The van der Waals surface area contributed by atoms with Crippen LogP contribution < -0.4 is 4.90 Å². The van der Waals surface area contributed by atoms with Crippen LogP contribution in [0.15, 0.2) is 18.5 Å². The van der Waals surface area contributed by atoms with Crippen molar-refractivity contribution >= 4 is 17.3 Å². The fourth-order valence-corrected chi connectivity index (χ4v) is 2.46. The van der Waals surface area contributed by atoms with Gasteiger partial charge in [0.25, 0.3) is 0 Å². The highest BCUT2D eigenvalue weighted by atomic mass is 35.5. The first-order chi connectivity index (χ1) is 7.85. The Labute approximate surface area is 101 Å². The van der Waals surface area contributed by atoms with E-state index in [9.17, 15) is 0 Å². The van der Waals surface area contributed by atoms with Gasteiger partial charge in [-0.25, -0.2) is 0 Å². The zero-order valence-corrected chi connectivity index (χ0v) is 10.3. The van der Waals surface area contributed by atoms with E-state index in [4.69, 9.17) is 16.3 Å². The SMILES string of the molecule is COCC1CCN(c2cnccc2CCl)C1. The zero-order valence-electron chi connectivity index (χ0n) is 9.53. The van der Waals surface area contributed by atoms with Gasteiger partial charge in [0.05, 0.1) is 18.5 Å². The predicted octanol–water partition coefficient (Wildman–Crippen LogP) is 2.29. The normalized spacial score (nSPS) is 20.4. The zero-order chi connectivity index (χ0) is 11.4. The summed E-state index contributed by atoms with van der Waals surface area (Å²) in [5.41, 5.74) is 2.34. The van der Waals surface area contributed by atoms with Crippen LogP contribution in [0.5, 0.6) is 0 Å². The van der Waals surface area contributed by atoms with Crippen molar-refractivity contribution in [2.75, 3.05) is 31.7 Å². The first kappa shape index (κ1) is 11.7. The number of halogens is 1. The molecule has 4 heteroatoms. The summed E-state index contributed by atoms with van der Waals surface area (Å²) in [5.74, 6) is 1.18. The van der Waals surface area contributed by atoms with E-state index in [1.807, 2.05) is 12.3 Å². The highest BCUT2D eigenvalue weighted by molar-refractivity contribution is 6.17. The molecule has 1 unspecified atom stereocenters. The van der Waals surface area contributed by atoms with Crippen LogP contribution >= 0.6 is 11.6 Å². The molecule has 1 aromatic heterocycles. The molecule has 1 aromatic rings. The fourth-order valence-electron chi connectivity index (χ4n) is 2.24. The van der Waals surface area contributed by atoms with E-state index < -0.39 is 0 Å². The molecule has 88 valence electrons. The van der Waals surface area contributed by atoms with Gasteiger partial charge >= 0.3 is 0 Å². The Kier molecular flexibility index (Phi) is 4.02. The molecule has 1 atom stereocenters. The molecule has 1 aliphatic rings. The molecular formula is C12H17ClN2O.